The Bertz CT molecular complexity index is 776. The SMILES string of the molecule is COC(=O)c1ccc(NC(=O)[C@@H](C)Sc2ccc(OC)c(OC)c2)cc1. The molecule has 138 valence electrons. The average molecular weight is 375 g/mol. The summed E-state index contributed by atoms with van der Waals surface area (Å²) in [5.41, 5.74) is 1.04. The van der Waals surface area contributed by atoms with E-state index in [0.717, 1.165) is 4.90 Å². The van der Waals surface area contributed by atoms with Gasteiger partial charge in [0.15, 0.2) is 11.5 Å². The molecule has 0 fully saturated rings. The van der Waals surface area contributed by atoms with E-state index in [4.69, 9.17) is 9.47 Å². The highest BCUT2D eigenvalue weighted by atomic mass is 32.2. The number of hydrogen-bond donors (Lipinski definition) is 1. The number of rotatable bonds is 7. The van der Waals surface area contributed by atoms with Crippen LogP contribution in [0.25, 0.3) is 0 Å². The minimum atomic E-state index is -0.416. The Morgan fingerprint density at radius 2 is 1.62 bits per heavy atom. The Balaban J connectivity index is 2.00. The van der Waals surface area contributed by atoms with E-state index in [9.17, 15) is 9.59 Å². The maximum Gasteiger partial charge on any atom is 0.337 e. The van der Waals surface area contributed by atoms with Crippen molar-refractivity contribution in [3.8, 4) is 11.5 Å². The van der Waals surface area contributed by atoms with E-state index in [1.165, 1.54) is 18.9 Å². The van der Waals surface area contributed by atoms with Gasteiger partial charge < -0.3 is 19.5 Å². The number of ether oxygens (including phenoxy) is 3. The van der Waals surface area contributed by atoms with Crippen LogP contribution in [0.2, 0.25) is 0 Å². The van der Waals surface area contributed by atoms with Gasteiger partial charge in [0.25, 0.3) is 0 Å². The quantitative estimate of drug-likeness (QED) is 0.589. The van der Waals surface area contributed by atoms with Crippen molar-refractivity contribution in [1.82, 2.24) is 0 Å². The number of anilines is 1. The number of amides is 1. The summed E-state index contributed by atoms with van der Waals surface area (Å²) in [6, 6.07) is 12.0. The summed E-state index contributed by atoms with van der Waals surface area (Å²) in [4.78, 5) is 24.7. The number of carbonyl (C=O) groups excluding carboxylic acids is 2. The molecule has 0 aliphatic carbocycles. The van der Waals surface area contributed by atoms with Gasteiger partial charge in [0.05, 0.1) is 32.1 Å². The van der Waals surface area contributed by atoms with Crippen LogP contribution in [-0.2, 0) is 9.53 Å². The van der Waals surface area contributed by atoms with E-state index in [1.54, 1.807) is 44.6 Å². The first-order valence-electron chi connectivity index (χ1n) is 7.86. The minimum Gasteiger partial charge on any atom is -0.493 e. The van der Waals surface area contributed by atoms with Crippen molar-refractivity contribution in [2.24, 2.45) is 0 Å². The number of hydrogen-bond acceptors (Lipinski definition) is 6. The molecule has 0 aliphatic rings. The molecular weight excluding hydrogens is 354 g/mol. The Morgan fingerprint density at radius 3 is 2.19 bits per heavy atom. The van der Waals surface area contributed by atoms with Gasteiger partial charge in [-0.25, -0.2) is 4.79 Å². The lowest BCUT2D eigenvalue weighted by molar-refractivity contribution is -0.115. The molecule has 26 heavy (non-hydrogen) atoms. The summed E-state index contributed by atoms with van der Waals surface area (Å²) >= 11 is 1.41. The first-order valence-corrected chi connectivity index (χ1v) is 8.74. The summed E-state index contributed by atoms with van der Waals surface area (Å²) in [7, 11) is 4.47. The molecule has 0 spiro atoms. The number of esters is 1. The second-order valence-electron chi connectivity index (χ2n) is 5.34. The van der Waals surface area contributed by atoms with E-state index < -0.39 is 5.97 Å². The minimum absolute atomic E-state index is 0.143. The Hall–Kier alpha value is -2.67. The van der Waals surface area contributed by atoms with Crippen molar-refractivity contribution >= 4 is 29.3 Å². The second kappa shape index (κ2) is 9.15. The lowest BCUT2D eigenvalue weighted by atomic mass is 10.2. The van der Waals surface area contributed by atoms with E-state index in [1.807, 2.05) is 19.1 Å². The number of thioether (sulfide) groups is 1. The zero-order valence-electron chi connectivity index (χ0n) is 15.1. The number of carbonyl (C=O) groups is 2. The van der Waals surface area contributed by atoms with Crippen molar-refractivity contribution in [2.75, 3.05) is 26.6 Å². The molecule has 1 atom stereocenters. The van der Waals surface area contributed by atoms with Crippen molar-refractivity contribution in [3.05, 3.63) is 48.0 Å². The Kier molecular flexibility index (Phi) is 6.91. The van der Waals surface area contributed by atoms with Crippen molar-refractivity contribution in [3.63, 3.8) is 0 Å². The maximum atomic E-state index is 12.4. The van der Waals surface area contributed by atoms with Crippen molar-refractivity contribution in [2.45, 2.75) is 17.1 Å². The summed E-state index contributed by atoms with van der Waals surface area (Å²) in [5.74, 6) is 0.694. The van der Waals surface area contributed by atoms with Crippen LogP contribution in [-0.4, -0.2) is 38.5 Å². The van der Waals surface area contributed by atoms with Crippen LogP contribution in [0.5, 0.6) is 11.5 Å². The average Bonchev–Trinajstić information content (AvgIpc) is 2.67. The lowest BCUT2D eigenvalue weighted by Gasteiger charge is -2.14. The van der Waals surface area contributed by atoms with Crippen LogP contribution in [0.15, 0.2) is 47.4 Å². The van der Waals surface area contributed by atoms with E-state index in [0.29, 0.717) is 22.7 Å². The third kappa shape index (κ3) is 4.92. The van der Waals surface area contributed by atoms with Crippen LogP contribution in [0.3, 0.4) is 0 Å². The molecule has 0 radical (unpaired) electrons. The van der Waals surface area contributed by atoms with Gasteiger partial charge in [-0.15, -0.1) is 11.8 Å². The predicted octanol–water partition coefficient (Wildman–Crippen LogP) is 3.61. The molecule has 1 N–H and O–H groups in total. The number of methoxy groups -OCH3 is 3. The standard InChI is InChI=1S/C19H21NO5S/c1-12(26-15-9-10-16(23-2)17(11-15)24-3)18(21)20-14-7-5-13(6-8-14)19(22)25-4/h5-12H,1-4H3,(H,20,21)/t12-/m1/s1. The summed E-state index contributed by atoms with van der Waals surface area (Å²) in [5, 5.41) is 2.50. The van der Waals surface area contributed by atoms with Gasteiger partial charge in [-0.1, -0.05) is 0 Å². The highest BCUT2D eigenvalue weighted by Gasteiger charge is 2.16. The molecule has 0 aliphatic heterocycles. The fourth-order valence-electron chi connectivity index (χ4n) is 2.20. The smallest absolute Gasteiger partial charge is 0.337 e. The third-order valence-corrected chi connectivity index (χ3v) is 4.70. The molecule has 2 rings (SSSR count). The maximum absolute atomic E-state index is 12.4. The van der Waals surface area contributed by atoms with Crippen LogP contribution in [0, 0.1) is 0 Å². The molecule has 0 bridgehead atoms. The highest BCUT2D eigenvalue weighted by molar-refractivity contribution is 8.00. The highest BCUT2D eigenvalue weighted by Crippen LogP contribution is 2.33. The molecule has 0 heterocycles. The number of benzene rings is 2. The van der Waals surface area contributed by atoms with Crippen molar-refractivity contribution < 1.29 is 23.8 Å². The van der Waals surface area contributed by atoms with Gasteiger partial charge in [-0.05, 0) is 49.4 Å². The normalized spacial score (nSPS) is 11.4. The Morgan fingerprint density at radius 1 is 0.962 bits per heavy atom. The van der Waals surface area contributed by atoms with Crippen molar-refractivity contribution in [1.29, 1.82) is 0 Å². The summed E-state index contributed by atoms with van der Waals surface area (Å²) < 4.78 is 15.1. The third-order valence-electron chi connectivity index (χ3n) is 3.61. The van der Waals surface area contributed by atoms with Gasteiger partial charge in [-0.2, -0.15) is 0 Å². The molecule has 6 nitrogen and oxygen atoms in total. The van der Waals surface area contributed by atoms with Gasteiger partial charge in [0.1, 0.15) is 0 Å². The lowest BCUT2D eigenvalue weighted by Crippen LogP contribution is -2.22. The largest absolute Gasteiger partial charge is 0.493 e. The fraction of sp³-hybridized carbons (Fsp3) is 0.263. The summed E-state index contributed by atoms with van der Waals surface area (Å²) in [6.07, 6.45) is 0. The van der Waals surface area contributed by atoms with E-state index in [2.05, 4.69) is 10.1 Å². The summed E-state index contributed by atoms with van der Waals surface area (Å²) in [6.45, 7) is 1.82. The zero-order valence-corrected chi connectivity index (χ0v) is 15.9. The van der Waals surface area contributed by atoms with Gasteiger partial charge in [-0.3, -0.25) is 4.79 Å². The van der Waals surface area contributed by atoms with Gasteiger partial charge >= 0.3 is 5.97 Å². The molecule has 0 saturated carbocycles. The van der Waals surface area contributed by atoms with Crippen LogP contribution in [0.1, 0.15) is 17.3 Å². The predicted molar refractivity (Wildman–Crippen MR) is 101 cm³/mol. The molecule has 2 aromatic rings. The molecular formula is C19H21NO5S. The monoisotopic (exact) mass is 375 g/mol. The van der Waals surface area contributed by atoms with Gasteiger partial charge in [0.2, 0.25) is 5.91 Å². The van der Waals surface area contributed by atoms with Crippen LogP contribution in [0.4, 0.5) is 5.69 Å². The second-order valence-corrected chi connectivity index (χ2v) is 6.75. The van der Waals surface area contributed by atoms with Crippen LogP contribution < -0.4 is 14.8 Å². The molecule has 7 heteroatoms. The zero-order chi connectivity index (χ0) is 19.1. The van der Waals surface area contributed by atoms with Crippen LogP contribution >= 0.6 is 11.8 Å². The Labute approximate surface area is 156 Å². The molecule has 0 saturated heterocycles. The first-order chi connectivity index (χ1) is 12.5. The molecule has 2 aromatic carbocycles. The topological polar surface area (TPSA) is 73.9 Å². The molecule has 1 amide bonds. The molecule has 0 unspecified atom stereocenters. The van der Waals surface area contributed by atoms with E-state index in [-0.39, 0.29) is 11.2 Å². The first kappa shape index (κ1) is 19.7. The fourth-order valence-corrected chi connectivity index (χ4v) is 3.09. The van der Waals surface area contributed by atoms with E-state index >= 15 is 0 Å². The number of nitrogens with one attached hydrogen (secondary N) is 1. The van der Waals surface area contributed by atoms with Gasteiger partial charge in [0, 0.05) is 10.6 Å². The molecule has 0 aromatic heterocycles.